The number of ether oxygens (including phenoxy) is 2. The van der Waals surface area contributed by atoms with E-state index in [1.165, 1.54) is 16.8 Å². The van der Waals surface area contributed by atoms with Gasteiger partial charge in [-0.05, 0) is 58.6 Å². The third-order valence-electron chi connectivity index (χ3n) is 7.48. The second-order valence-electron chi connectivity index (χ2n) is 9.94. The highest BCUT2D eigenvalue weighted by molar-refractivity contribution is 5.83. The first-order chi connectivity index (χ1) is 16.3. The average molecular weight is 466 g/mol. The number of fused-ring (bicyclic) bond motifs is 3. The quantitative estimate of drug-likeness (QED) is 0.545. The van der Waals surface area contributed by atoms with Gasteiger partial charge in [-0.1, -0.05) is 29.4 Å². The maximum Gasteiger partial charge on any atom is 0.325 e. The summed E-state index contributed by atoms with van der Waals surface area (Å²) in [6.45, 7) is 12.8. The summed E-state index contributed by atoms with van der Waals surface area (Å²) in [4.78, 5) is 20.3. The summed E-state index contributed by atoms with van der Waals surface area (Å²) < 4.78 is 11.2. The van der Waals surface area contributed by atoms with Gasteiger partial charge in [0.05, 0.1) is 26.3 Å². The van der Waals surface area contributed by atoms with E-state index in [0.29, 0.717) is 6.54 Å². The summed E-state index contributed by atoms with van der Waals surface area (Å²) >= 11 is 0. The number of carbonyl (C=O) groups is 1. The van der Waals surface area contributed by atoms with E-state index >= 15 is 0 Å². The molecule has 0 unspecified atom stereocenters. The molecule has 3 aliphatic rings. The summed E-state index contributed by atoms with van der Waals surface area (Å²) in [6.07, 6.45) is 9.37. The van der Waals surface area contributed by atoms with Crippen LogP contribution in [0.4, 0.5) is 4.79 Å². The van der Waals surface area contributed by atoms with E-state index in [2.05, 4.69) is 55.7 Å². The number of nitrogens with zero attached hydrogens (tertiary/aromatic N) is 3. The lowest BCUT2D eigenvalue weighted by Crippen LogP contribution is -2.53. The molecule has 1 spiro atoms. The molecule has 2 saturated heterocycles. The third kappa shape index (κ3) is 4.36. The predicted octanol–water partition coefficient (Wildman–Crippen LogP) is 5.15. The summed E-state index contributed by atoms with van der Waals surface area (Å²) in [6, 6.07) is 4.11. The fourth-order valence-corrected chi connectivity index (χ4v) is 5.75. The Morgan fingerprint density at radius 3 is 2.44 bits per heavy atom. The molecule has 0 radical (unpaired) electrons. The zero-order chi connectivity index (χ0) is 24.5. The van der Waals surface area contributed by atoms with E-state index in [9.17, 15) is 4.79 Å². The molecule has 0 atom stereocenters. The number of hydrogen-bond acceptors (Lipinski definition) is 4. The van der Waals surface area contributed by atoms with Gasteiger partial charge in [0.1, 0.15) is 11.5 Å². The Morgan fingerprint density at radius 1 is 1.09 bits per heavy atom. The van der Waals surface area contributed by atoms with Gasteiger partial charge >= 0.3 is 6.03 Å². The highest BCUT2D eigenvalue weighted by Gasteiger charge is 2.54. The number of allylic oxidation sites excluding steroid dienone is 4. The number of piperidine rings is 1. The monoisotopic (exact) mass is 465 g/mol. The number of amides is 2. The van der Waals surface area contributed by atoms with E-state index in [1.54, 1.807) is 14.2 Å². The molecule has 4 rings (SSSR count). The molecule has 0 N–H and O–H groups in total. The maximum atomic E-state index is 13.6. The molecule has 3 aliphatic heterocycles. The molecule has 0 aliphatic carbocycles. The molecule has 1 aromatic carbocycles. The predicted molar refractivity (Wildman–Crippen MR) is 136 cm³/mol. The van der Waals surface area contributed by atoms with Crippen LogP contribution in [0.25, 0.3) is 0 Å². The second kappa shape index (κ2) is 9.87. The van der Waals surface area contributed by atoms with Crippen LogP contribution in [0.3, 0.4) is 0 Å². The minimum atomic E-state index is -0.223. The highest BCUT2D eigenvalue weighted by Crippen LogP contribution is 2.46. The van der Waals surface area contributed by atoms with Crippen molar-refractivity contribution in [1.29, 1.82) is 0 Å². The van der Waals surface area contributed by atoms with E-state index < -0.39 is 0 Å². The highest BCUT2D eigenvalue weighted by atomic mass is 16.5. The number of likely N-dealkylation sites (N-methyl/N-ethyl adjacent to an activating group) is 1. The van der Waals surface area contributed by atoms with E-state index in [-0.39, 0.29) is 11.6 Å². The average Bonchev–Trinajstić information content (AvgIpc) is 2.95. The van der Waals surface area contributed by atoms with E-state index in [4.69, 9.17) is 9.47 Å². The number of methoxy groups -OCH3 is 2. The lowest BCUT2D eigenvalue weighted by Gasteiger charge is -2.44. The number of likely N-dealkylation sites (tertiary alicyclic amines) is 1. The minimum Gasteiger partial charge on any atom is -0.497 e. The standard InChI is InChI=1S/C28H39N3O3/c1-7-31-27(32)30-19-22-16-23(33-5)17-25(34-6)24(22)10-11-26(30)28(31)12-14-29(15-13-28)18-21(4)9-8-20(2)3/h8-9,11,16-17H,7,10,12-15,18-19H2,1-6H3/b21-9+. The molecule has 184 valence electrons. The number of benzene rings is 1. The molecule has 1 aromatic rings. The Kier molecular flexibility index (Phi) is 7.08. The summed E-state index contributed by atoms with van der Waals surface area (Å²) in [5.74, 6) is 1.59. The van der Waals surface area contributed by atoms with Gasteiger partial charge in [0, 0.05) is 43.5 Å². The van der Waals surface area contributed by atoms with Crippen LogP contribution in [0.2, 0.25) is 0 Å². The van der Waals surface area contributed by atoms with Crippen molar-refractivity contribution in [1.82, 2.24) is 14.7 Å². The molecule has 0 aromatic heterocycles. The van der Waals surface area contributed by atoms with Crippen molar-refractivity contribution < 1.29 is 14.3 Å². The number of carbonyl (C=O) groups excluding carboxylic acids is 1. The van der Waals surface area contributed by atoms with Crippen LogP contribution < -0.4 is 9.47 Å². The van der Waals surface area contributed by atoms with Crippen molar-refractivity contribution in [2.75, 3.05) is 40.4 Å². The van der Waals surface area contributed by atoms with Gasteiger partial charge in [0.25, 0.3) is 0 Å². The van der Waals surface area contributed by atoms with Crippen molar-refractivity contribution in [3.8, 4) is 11.5 Å². The fraction of sp³-hybridized carbons (Fsp3) is 0.536. The topological polar surface area (TPSA) is 45.3 Å². The van der Waals surface area contributed by atoms with Crippen LogP contribution in [0, 0.1) is 0 Å². The Morgan fingerprint density at radius 2 is 1.82 bits per heavy atom. The van der Waals surface area contributed by atoms with Crippen LogP contribution in [0.5, 0.6) is 11.5 Å². The molecule has 0 saturated carbocycles. The number of hydrogen-bond donors (Lipinski definition) is 0. The molecule has 6 nitrogen and oxygen atoms in total. The van der Waals surface area contributed by atoms with Gasteiger partial charge < -0.3 is 14.4 Å². The SMILES string of the molecule is CCN1C(=O)N2Cc3cc(OC)cc(OC)c3CC=C2C12CCN(C/C(C)=C/C=C(C)C)CC2. The zero-order valence-electron chi connectivity index (χ0n) is 21.6. The summed E-state index contributed by atoms with van der Waals surface area (Å²) in [5, 5.41) is 0. The van der Waals surface area contributed by atoms with Crippen LogP contribution in [0.15, 0.2) is 47.2 Å². The van der Waals surface area contributed by atoms with Crippen LogP contribution in [-0.2, 0) is 13.0 Å². The number of urea groups is 1. The first-order valence-electron chi connectivity index (χ1n) is 12.4. The Labute approximate surface area is 204 Å². The molecule has 6 heteroatoms. The van der Waals surface area contributed by atoms with Gasteiger partial charge in [0.15, 0.2) is 0 Å². The Balaban J connectivity index is 1.60. The molecule has 0 bridgehead atoms. The molecule has 2 amide bonds. The maximum absolute atomic E-state index is 13.6. The van der Waals surface area contributed by atoms with Gasteiger partial charge in [-0.3, -0.25) is 9.80 Å². The molecular formula is C28H39N3O3. The van der Waals surface area contributed by atoms with Gasteiger partial charge in [-0.2, -0.15) is 0 Å². The van der Waals surface area contributed by atoms with Gasteiger partial charge in [-0.25, -0.2) is 4.79 Å². The van der Waals surface area contributed by atoms with Crippen molar-refractivity contribution in [3.05, 3.63) is 58.3 Å². The van der Waals surface area contributed by atoms with Crippen LogP contribution in [0.1, 0.15) is 51.7 Å². The fourth-order valence-electron chi connectivity index (χ4n) is 5.75. The second-order valence-corrected chi connectivity index (χ2v) is 9.94. The molecule has 2 fully saturated rings. The van der Waals surface area contributed by atoms with Crippen molar-refractivity contribution in [3.63, 3.8) is 0 Å². The first kappa shape index (κ1) is 24.4. The normalized spacial score (nSPS) is 20.0. The molecular weight excluding hydrogens is 426 g/mol. The molecule has 34 heavy (non-hydrogen) atoms. The van der Waals surface area contributed by atoms with E-state index in [1.807, 2.05) is 17.0 Å². The van der Waals surface area contributed by atoms with Crippen molar-refractivity contribution >= 4 is 6.03 Å². The van der Waals surface area contributed by atoms with Gasteiger partial charge in [0.2, 0.25) is 0 Å². The zero-order valence-corrected chi connectivity index (χ0v) is 21.6. The smallest absolute Gasteiger partial charge is 0.325 e. The summed E-state index contributed by atoms with van der Waals surface area (Å²) in [5.41, 5.74) is 5.89. The Bertz CT molecular complexity index is 1030. The minimum absolute atomic E-state index is 0.122. The lowest BCUT2D eigenvalue weighted by atomic mass is 9.83. The summed E-state index contributed by atoms with van der Waals surface area (Å²) in [7, 11) is 3.37. The lowest BCUT2D eigenvalue weighted by molar-refractivity contribution is 0.0968. The van der Waals surface area contributed by atoms with Crippen LogP contribution >= 0.6 is 0 Å². The van der Waals surface area contributed by atoms with Crippen molar-refractivity contribution in [2.24, 2.45) is 0 Å². The Hall–Kier alpha value is -2.73. The largest absolute Gasteiger partial charge is 0.497 e. The first-order valence-corrected chi connectivity index (χ1v) is 12.4. The third-order valence-corrected chi connectivity index (χ3v) is 7.48. The van der Waals surface area contributed by atoms with Crippen molar-refractivity contribution in [2.45, 2.75) is 59.0 Å². The molecule has 3 heterocycles. The van der Waals surface area contributed by atoms with Gasteiger partial charge in [-0.15, -0.1) is 0 Å². The van der Waals surface area contributed by atoms with E-state index in [0.717, 1.165) is 68.1 Å². The van der Waals surface area contributed by atoms with Crippen LogP contribution in [-0.4, -0.2) is 66.7 Å². The number of rotatable bonds is 6.